The molecule has 1 fully saturated rings. The fourth-order valence-corrected chi connectivity index (χ4v) is 3.88. The number of pyridine rings is 1. The van der Waals surface area contributed by atoms with Crippen LogP contribution in [0.3, 0.4) is 0 Å². The minimum absolute atomic E-state index is 0.0877. The summed E-state index contributed by atoms with van der Waals surface area (Å²) in [6.07, 6.45) is 4.03. The Morgan fingerprint density at radius 1 is 1.03 bits per heavy atom. The van der Waals surface area contributed by atoms with Gasteiger partial charge in [-0.1, -0.05) is 6.07 Å². The normalized spacial score (nSPS) is 14.3. The van der Waals surface area contributed by atoms with Gasteiger partial charge in [0, 0.05) is 44.9 Å². The molecule has 196 valence electrons. The lowest BCUT2D eigenvalue weighted by Crippen LogP contribution is -2.61. The van der Waals surface area contributed by atoms with E-state index in [1.165, 1.54) is 18.9 Å². The first-order valence-corrected chi connectivity index (χ1v) is 11.8. The maximum absolute atomic E-state index is 11.3. The molecule has 0 atom stereocenters. The summed E-state index contributed by atoms with van der Waals surface area (Å²) in [7, 11) is 1.38. The Balaban J connectivity index is 0.000000351. The van der Waals surface area contributed by atoms with Gasteiger partial charge in [-0.15, -0.1) is 0 Å². The third-order valence-electron chi connectivity index (χ3n) is 6.16. The van der Waals surface area contributed by atoms with Crippen LogP contribution in [-0.4, -0.2) is 109 Å². The molecule has 0 bridgehead atoms. The first kappa shape index (κ1) is 30.0. The number of amides is 2. The van der Waals surface area contributed by atoms with Crippen LogP contribution in [0.15, 0.2) is 30.6 Å². The van der Waals surface area contributed by atoms with Gasteiger partial charge in [-0.2, -0.15) is 0 Å². The molecule has 0 aromatic carbocycles. The third kappa shape index (κ3) is 11.8. The minimum atomic E-state index is -1.14. The Morgan fingerprint density at radius 3 is 2.14 bits per heavy atom. The quantitative estimate of drug-likeness (QED) is 0.217. The number of rotatable bonds is 11. The maximum Gasteiger partial charge on any atom is 0.311 e. The van der Waals surface area contributed by atoms with Gasteiger partial charge in [0.2, 0.25) is 11.8 Å². The van der Waals surface area contributed by atoms with Gasteiger partial charge >= 0.3 is 5.97 Å². The summed E-state index contributed by atoms with van der Waals surface area (Å²) >= 11 is 0. The van der Waals surface area contributed by atoms with E-state index in [1.807, 2.05) is 40.1 Å². The van der Waals surface area contributed by atoms with Crippen LogP contribution in [0.4, 0.5) is 0 Å². The van der Waals surface area contributed by atoms with Gasteiger partial charge in [0.05, 0.1) is 59.4 Å². The Morgan fingerprint density at radius 2 is 1.66 bits per heavy atom. The van der Waals surface area contributed by atoms with Gasteiger partial charge in [0.1, 0.15) is 6.54 Å². The molecule has 0 aliphatic carbocycles. The molecule has 11 heteroatoms. The number of carboxylic acid groups (broad SMARTS) is 1. The first-order valence-electron chi connectivity index (χ1n) is 11.8. The first-order chi connectivity index (χ1) is 16.6. The fourth-order valence-electron chi connectivity index (χ4n) is 3.88. The number of ether oxygens (including phenoxy) is 1. The number of quaternary nitrogens is 1. The Bertz CT molecular complexity index is 811. The number of hydrogen-bond acceptors (Lipinski definition) is 7. The number of carbonyl (C=O) groups excluding carboxylic acids is 4. The predicted octanol–water partition coefficient (Wildman–Crippen LogP) is -1.82. The highest BCUT2D eigenvalue weighted by Crippen LogP contribution is 2.14. The predicted molar refractivity (Wildman–Crippen MR) is 124 cm³/mol. The second-order valence-electron chi connectivity index (χ2n) is 8.53. The molecule has 0 radical (unpaired) electrons. The zero-order chi connectivity index (χ0) is 26.3. The number of methoxy groups -OCH3 is 1. The van der Waals surface area contributed by atoms with E-state index < -0.39 is 5.97 Å². The number of aliphatic hydroxyl groups is 1. The van der Waals surface area contributed by atoms with Crippen molar-refractivity contribution in [1.29, 1.82) is 0 Å². The van der Waals surface area contributed by atoms with Crippen LogP contribution < -0.4 is 9.67 Å². The Kier molecular flexibility index (Phi) is 13.5. The number of carbonyl (C=O) groups is 4. The van der Waals surface area contributed by atoms with Crippen molar-refractivity contribution in [3.63, 3.8) is 0 Å². The number of piperazine rings is 1. The van der Waals surface area contributed by atoms with Gasteiger partial charge in [-0.25, -0.2) is 4.57 Å². The molecule has 2 amide bonds. The molecule has 2 rings (SSSR count). The average Bonchev–Trinajstić information content (AvgIpc) is 2.83. The molecular formula is C24H39N4O7+. The maximum atomic E-state index is 11.3. The largest absolute Gasteiger partial charge is 0.550 e. The lowest BCUT2D eigenvalue weighted by Gasteiger charge is -2.44. The highest BCUT2D eigenvalue weighted by atomic mass is 16.5. The van der Waals surface area contributed by atoms with Gasteiger partial charge in [0.25, 0.3) is 0 Å². The molecule has 1 N–H and O–H groups in total. The van der Waals surface area contributed by atoms with Crippen molar-refractivity contribution in [2.75, 3.05) is 66.1 Å². The SMILES string of the molecule is CC(=O)N(CCC(=O)[O-])CC[n+]1ccccc1.COC(=O)CC[N+]1(CCO)CCN(C(C)=O)CC1. The number of esters is 1. The second-order valence-corrected chi connectivity index (χ2v) is 8.53. The molecule has 1 aliphatic rings. The average molecular weight is 496 g/mol. The summed E-state index contributed by atoms with van der Waals surface area (Å²) in [5.74, 6) is -1.39. The molecule has 11 nitrogen and oxygen atoms in total. The van der Waals surface area contributed by atoms with Crippen molar-refractivity contribution in [1.82, 2.24) is 9.80 Å². The Hall–Kier alpha value is -3.05. The number of nitrogens with zero attached hydrogens (tertiary/aromatic N) is 4. The summed E-state index contributed by atoms with van der Waals surface area (Å²) < 4.78 is 7.28. The van der Waals surface area contributed by atoms with Gasteiger partial charge < -0.3 is 34.0 Å². The van der Waals surface area contributed by atoms with Crippen LogP contribution in [0.25, 0.3) is 0 Å². The van der Waals surface area contributed by atoms with E-state index in [0.29, 0.717) is 50.2 Å². The lowest BCUT2D eigenvalue weighted by molar-refractivity contribution is -0.931. The van der Waals surface area contributed by atoms with Crippen LogP contribution in [0.5, 0.6) is 0 Å². The molecule has 2 heterocycles. The van der Waals surface area contributed by atoms with Crippen LogP contribution in [0, 0.1) is 0 Å². The number of aliphatic carboxylic acids is 1. The van der Waals surface area contributed by atoms with E-state index in [0.717, 1.165) is 13.1 Å². The summed E-state index contributed by atoms with van der Waals surface area (Å²) in [5, 5.41) is 19.5. The summed E-state index contributed by atoms with van der Waals surface area (Å²) in [4.78, 5) is 47.4. The highest BCUT2D eigenvalue weighted by molar-refractivity contribution is 5.74. The molecular weight excluding hydrogens is 456 g/mol. The topological polar surface area (TPSA) is 131 Å². The van der Waals surface area contributed by atoms with E-state index in [2.05, 4.69) is 4.74 Å². The van der Waals surface area contributed by atoms with Gasteiger partial charge in [0.15, 0.2) is 18.9 Å². The molecule has 0 spiro atoms. The second kappa shape index (κ2) is 15.8. The fraction of sp³-hybridized carbons (Fsp3) is 0.625. The minimum Gasteiger partial charge on any atom is -0.550 e. The third-order valence-corrected chi connectivity index (χ3v) is 6.16. The van der Waals surface area contributed by atoms with Crippen molar-refractivity contribution in [3.8, 4) is 0 Å². The van der Waals surface area contributed by atoms with Crippen LogP contribution in [0.2, 0.25) is 0 Å². The Labute approximate surface area is 207 Å². The smallest absolute Gasteiger partial charge is 0.311 e. The molecule has 35 heavy (non-hydrogen) atoms. The van der Waals surface area contributed by atoms with Crippen molar-refractivity contribution in [2.24, 2.45) is 0 Å². The molecule has 1 aliphatic heterocycles. The zero-order valence-electron chi connectivity index (χ0n) is 21.1. The number of aromatic nitrogens is 1. The highest BCUT2D eigenvalue weighted by Gasteiger charge is 2.33. The monoisotopic (exact) mass is 495 g/mol. The molecule has 1 saturated heterocycles. The van der Waals surface area contributed by atoms with Crippen molar-refractivity contribution >= 4 is 23.8 Å². The molecule has 1 aromatic heterocycles. The lowest BCUT2D eigenvalue weighted by atomic mass is 10.2. The molecule has 0 unspecified atom stereocenters. The zero-order valence-corrected chi connectivity index (χ0v) is 21.1. The molecule has 0 saturated carbocycles. The van der Waals surface area contributed by atoms with Crippen molar-refractivity contribution in [2.45, 2.75) is 33.2 Å². The summed E-state index contributed by atoms with van der Waals surface area (Å²) in [6.45, 7) is 8.70. The van der Waals surface area contributed by atoms with Crippen LogP contribution >= 0.6 is 0 Å². The number of aliphatic hydroxyl groups excluding tert-OH is 1. The van der Waals surface area contributed by atoms with E-state index in [9.17, 15) is 24.3 Å². The number of hydrogen-bond donors (Lipinski definition) is 1. The van der Waals surface area contributed by atoms with E-state index >= 15 is 0 Å². The standard InChI is InChI=1S/C12H23N2O4.C12H16N2O3/c1-11(16)13-4-7-14(8-5-13,9-10-15)6-3-12(17)18-2;1-11(15)14(8-5-12(16)17)10-9-13-6-3-2-4-7-13/h15H,3-10H2,1-2H3;2-4,6-7H,5,8-10H2,1H3/q+1;. The van der Waals surface area contributed by atoms with Gasteiger partial charge in [-0.3, -0.25) is 14.4 Å². The van der Waals surface area contributed by atoms with Crippen molar-refractivity contribution < 1.29 is 43.2 Å². The molecule has 1 aromatic rings. The van der Waals surface area contributed by atoms with E-state index in [-0.39, 0.29) is 37.4 Å². The van der Waals surface area contributed by atoms with E-state index in [4.69, 9.17) is 5.11 Å². The van der Waals surface area contributed by atoms with Crippen LogP contribution in [-0.2, 0) is 30.5 Å². The summed E-state index contributed by atoms with van der Waals surface area (Å²) in [5.41, 5.74) is 0. The van der Waals surface area contributed by atoms with Crippen LogP contribution in [0.1, 0.15) is 26.7 Å². The van der Waals surface area contributed by atoms with Gasteiger partial charge in [-0.05, 0) is 0 Å². The summed E-state index contributed by atoms with van der Waals surface area (Å²) in [6, 6.07) is 5.72. The van der Waals surface area contributed by atoms with Crippen molar-refractivity contribution in [3.05, 3.63) is 30.6 Å². The number of carboxylic acids is 1. The van der Waals surface area contributed by atoms with E-state index in [1.54, 1.807) is 6.92 Å².